The maximum absolute atomic E-state index is 13.0. The number of thiazole rings is 1. The highest BCUT2D eigenvalue weighted by molar-refractivity contribution is 7.09. The molecule has 0 saturated carbocycles. The van der Waals surface area contributed by atoms with Gasteiger partial charge in [0, 0.05) is 28.8 Å². The van der Waals surface area contributed by atoms with E-state index in [-0.39, 0.29) is 12.1 Å². The van der Waals surface area contributed by atoms with Crippen molar-refractivity contribution < 1.29 is 27.9 Å². The van der Waals surface area contributed by atoms with Crippen LogP contribution in [-0.2, 0) is 6.18 Å². The number of likely N-dealkylation sites (tertiary alicyclic amines) is 1. The Morgan fingerprint density at radius 1 is 1.18 bits per heavy atom. The molecular weight excluding hydrogens is 457 g/mol. The molecule has 7 nitrogen and oxygen atoms in total. The minimum atomic E-state index is -4.43. The molecule has 0 aliphatic carbocycles. The van der Waals surface area contributed by atoms with Crippen LogP contribution in [0.25, 0.3) is 5.69 Å². The van der Waals surface area contributed by atoms with Crippen molar-refractivity contribution in [3.63, 3.8) is 0 Å². The Hall–Kier alpha value is -2.82. The monoisotopic (exact) mass is 484 g/mol. The summed E-state index contributed by atoms with van der Waals surface area (Å²) in [7, 11) is 0. The van der Waals surface area contributed by atoms with Crippen LogP contribution >= 0.6 is 11.3 Å². The normalized spacial score (nSPS) is 19.8. The number of halogens is 3. The average molecular weight is 485 g/mol. The molecule has 1 saturated heterocycles. The summed E-state index contributed by atoms with van der Waals surface area (Å²) in [6.07, 6.45) is -3.27. The molecule has 180 valence electrons. The molecule has 0 spiro atoms. The second-order valence-corrected chi connectivity index (χ2v) is 10.3. The zero-order chi connectivity index (χ0) is 24.7. The molecule has 2 aromatic rings. The van der Waals surface area contributed by atoms with E-state index in [1.54, 1.807) is 22.6 Å². The van der Waals surface area contributed by atoms with Gasteiger partial charge in [0.1, 0.15) is 0 Å². The fourth-order valence-corrected chi connectivity index (χ4v) is 4.97. The van der Waals surface area contributed by atoms with Crippen molar-refractivity contribution in [2.45, 2.75) is 64.8 Å². The largest absolute Gasteiger partial charge is 0.465 e. The second kappa shape index (κ2) is 8.85. The highest BCUT2D eigenvalue weighted by Crippen LogP contribution is 2.30. The minimum absolute atomic E-state index is 0.332. The third-order valence-electron chi connectivity index (χ3n) is 5.65. The standard InChI is InChI=1S/C22H27F3N4O3S/c1-13-12-28(16-8-6-15(7-9-16)22(23,24)25)19(33-13)26-18(30)27-11-10-17(14(27)2)29(20(31)32)21(3,4)5/h6-9,12,14,17H,10-11H2,1-5H3,(H,31,32)/b26-19-/t14-,17+/m1/s1. The van der Waals surface area contributed by atoms with Crippen LogP contribution in [0.2, 0.25) is 0 Å². The summed E-state index contributed by atoms with van der Waals surface area (Å²) in [4.78, 5) is 33.2. The number of nitrogens with zero attached hydrogens (tertiary/aromatic N) is 4. The highest BCUT2D eigenvalue weighted by atomic mass is 32.1. The Morgan fingerprint density at radius 3 is 2.30 bits per heavy atom. The van der Waals surface area contributed by atoms with Crippen LogP contribution < -0.4 is 4.80 Å². The first-order valence-electron chi connectivity index (χ1n) is 10.4. The molecule has 11 heteroatoms. The third kappa shape index (κ3) is 5.23. The van der Waals surface area contributed by atoms with E-state index in [1.165, 1.54) is 28.4 Å². The first-order chi connectivity index (χ1) is 15.2. The predicted octanol–water partition coefficient (Wildman–Crippen LogP) is 5.13. The molecule has 0 bridgehead atoms. The van der Waals surface area contributed by atoms with Gasteiger partial charge in [0.15, 0.2) is 4.80 Å². The lowest BCUT2D eigenvalue weighted by atomic mass is 10.00. The SMILES string of the molecule is Cc1cn(-c2ccc(C(F)(F)F)cc2)/c(=N/C(=O)N2CC[C@H](N(C(=O)O)C(C)(C)C)[C@H]2C)s1. The summed E-state index contributed by atoms with van der Waals surface area (Å²) in [6, 6.07) is 3.39. The lowest BCUT2D eigenvalue weighted by molar-refractivity contribution is -0.137. The van der Waals surface area contributed by atoms with Crippen molar-refractivity contribution in [3.05, 3.63) is 45.7 Å². The van der Waals surface area contributed by atoms with Gasteiger partial charge < -0.3 is 10.0 Å². The molecule has 3 amide bonds. The van der Waals surface area contributed by atoms with Crippen LogP contribution in [0.5, 0.6) is 0 Å². The number of carbonyl (C=O) groups is 2. The summed E-state index contributed by atoms with van der Waals surface area (Å²) < 4.78 is 40.2. The Labute approximate surface area is 193 Å². The number of aryl methyl sites for hydroxylation is 1. The number of rotatable bonds is 2. The van der Waals surface area contributed by atoms with Gasteiger partial charge in [0.05, 0.1) is 17.6 Å². The fourth-order valence-electron chi connectivity index (χ4n) is 4.14. The third-order valence-corrected chi connectivity index (χ3v) is 6.55. The molecule has 3 rings (SSSR count). The average Bonchev–Trinajstić information content (AvgIpc) is 3.22. The number of amides is 3. The lowest BCUT2D eigenvalue weighted by Crippen LogP contribution is -2.55. The molecule has 0 unspecified atom stereocenters. The molecule has 2 atom stereocenters. The summed E-state index contributed by atoms with van der Waals surface area (Å²) in [6.45, 7) is 9.41. The first kappa shape index (κ1) is 24.8. The molecule has 0 radical (unpaired) electrons. The zero-order valence-electron chi connectivity index (χ0n) is 19.1. The van der Waals surface area contributed by atoms with Crippen molar-refractivity contribution in [1.82, 2.24) is 14.4 Å². The van der Waals surface area contributed by atoms with E-state index in [1.807, 2.05) is 27.7 Å². The minimum Gasteiger partial charge on any atom is -0.465 e. The molecule has 1 aliphatic heterocycles. The number of alkyl halides is 3. The molecule has 33 heavy (non-hydrogen) atoms. The number of hydrogen-bond donors (Lipinski definition) is 1. The fraction of sp³-hybridized carbons (Fsp3) is 0.500. The van der Waals surface area contributed by atoms with Gasteiger partial charge >= 0.3 is 18.3 Å². The number of aromatic nitrogens is 1. The summed E-state index contributed by atoms with van der Waals surface area (Å²) >= 11 is 1.25. The quantitative estimate of drug-likeness (QED) is 0.642. The number of carboxylic acid groups (broad SMARTS) is 1. The molecular formula is C22H27F3N4O3S. The zero-order valence-corrected chi connectivity index (χ0v) is 19.9. The Balaban J connectivity index is 1.89. The van der Waals surface area contributed by atoms with E-state index in [4.69, 9.17) is 0 Å². The maximum atomic E-state index is 13.0. The van der Waals surface area contributed by atoms with E-state index in [0.717, 1.165) is 17.0 Å². The van der Waals surface area contributed by atoms with Gasteiger partial charge in [-0.3, -0.25) is 9.47 Å². The first-order valence-corrected chi connectivity index (χ1v) is 11.3. The lowest BCUT2D eigenvalue weighted by Gasteiger charge is -2.40. The van der Waals surface area contributed by atoms with Crippen molar-refractivity contribution in [2.24, 2.45) is 4.99 Å². The summed E-state index contributed by atoms with van der Waals surface area (Å²) in [5.74, 6) is 0. The van der Waals surface area contributed by atoms with Crippen LogP contribution in [0, 0.1) is 6.92 Å². The molecule has 1 aliphatic rings. The Morgan fingerprint density at radius 2 is 1.79 bits per heavy atom. The van der Waals surface area contributed by atoms with E-state index in [0.29, 0.717) is 23.5 Å². The van der Waals surface area contributed by atoms with Gasteiger partial charge in [-0.25, -0.2) is 9.59 Å². The van der Waals surface area contributed by atoms with Gasteiger partial charge in [-0.05, 0) is 65.3 Å². The molecule has 1 aromatic heterocycles. The van der Waals surface area contributed by atoms with E-state index in [2.05, 4.69) is 4.99 Å². The number of benzene rings is 1. The van der Waals surface area contributed by atoms with Crippen LogP contribution in [0.15, 0.2) is 35.5 Å². The Bertz CT molecular complexity index is 1100. The molecule has 1 aromatic carbocycles. The number of urea groups is 1. The van der Waals surface area contributed by atoms with Crippen molar-refractivity contribution in [1.29, 1.82) is 0 Å². The van der Waals surface area contributed by atoms with Gasteiger partial charge in [-0.15, -0.1) is 11.3 Å². The Kier molecular flexibility index (Phi) is 6.65. The summed E-state index contributed by atoms with van der Waals surface area (Å²) in [5.41, 5.74) is -0.930. The van der Waals surface area contributed by atoms with Crippen molar-refractivity contribution in [3.8, 4) is 5.69 Å². The van der Waals surface area contributed by atoms with E-state index in [9.17, 15) is 27.9 Å². The predicted molar refractivity (Wildman–Crippen MR) is 119 cm³/mol. The van der Waals surface area contributed by atoms with Crippen LogP contribution in [-0.4, -0.2) is 55.8 Å². The maximum Gasteiger partial charge on any atom is 0.416 e. The van der Waals surface area contributed by atoms with Gasteiger partial charge in [-0.2, -0.15) is 18.2 Å². The van der Waals surface area contributed by atoms with Crippen LogP contribution in [0.1, 0.15) is 44.6 Å². The topological polar surface area (TPSA) is 78.1 Å². The summed E-state index contributed by atoms with van der Waals surface area (Å²) in [5, 5.41) is 9.71. The van der Waals surface area contributed by atoms with Gasteiger partial charge in [-0.1, -0.05) is 0 Å². The highest BCUT2D eigenvalue weighted by Gasteiger charge is 2.43. The number of carbonyl (C=O) groups excluding carboxylic acids is 1. The van der Waals surface area contributed by atoms with Gasteiger partial charge in [0.25, 0.3) is 0 Å². The van der Waals surface area contributed by atoms with Crippen molar-refractivity contribution in [2.75, 3.05) is 6.54 Å². The van der Waals surface area contributed by atoms with E-state index >= 15 is 0 Å². The van der Waals surface area contributed by atoms with Crippen molar-refractivity contribution >= 4 is 23.5 Å². The molecule has 1 fully saturated rings. The molecule has 1 N–H and O–H groups in total. The van der Waals surface area contributed by atoms with Crippen LogP contribution in [0.3, 0.4) is 0 Å². The van der Waals surface area contributed by atoms with E-state index < -0.39 is 29.4 Å². The number of hydrogen-bond acceptors (Lipinski definition) is 3. The van der Waals surface area contributed by atoms with Crippen LogP contribution in [0.4, 0.5) is 22.8 Å². The molecule has 2 heterocycles. The smallest absolute Gasteiger partial charge is 0.416 e. The second-order valence-electron chi connectivity index (χ2n) is 9.05. The van der Waals surface area contributed by atoms with Gasteiger partial charge in [0.2, 0.25) is 0 Å².